The van der Waals surface area contributed by atoms with E-state index < -0.39 is 17.8 Å². The van der Waals surface area contributed by atoms with Gasteiger partial charge in [-0.3, -0.25) is 9.59 Å². The summed E-state index contributed by atoms with van der Waals surface area (Å²) in [5, 5.41) is 0.0950. The Morgan fingerprint density at radius 1 is 1.28 bits per heavy atom. The summed E-state index contributed by atoms with van der Waals surface area (Å²) in [4.78, 5) is 27.9. The summed E-state index contributed by atoms with van der Waals surface area (Å²) in [6, 6.07) is 3.65. The molecular weight excluding hydrogens is 388 g/mol. The number of hydrogen-bond donors (Lipinski definition) is 1. The molecule has 1 aromatic rings. The minimum atomic E-state index is -0.634. The van der Waals surface area contributed by atoms with Gasteiger partial charge in [-0.1, -0.05) is 17.7 Å². The van der Waals surface area contributed by atoms with E-state index in [-0.39, 0.29) is 28.9 Å². The predicted octanol–water partition coefficient (Wildman–Crippen LogP) is 2.27. The molecule has 9 heteroatoms. The Labute approximate surface area is 162 Å². The molecule has 0 aromatic heterocycles. The van der Waals surface area contributed by atoms with Gasteiger partial charge in [0.15, 0.2) is 0 Å². The minimum Gasteiger partial charge on any atom is -0.338 e. The fraction of sp³-hybridized carbons (Fsp3) is 0.500. The Balaban J connectivity index is 0.00000312. The third-order valence-electron chi connectivity index (χ3n) is 4.01. The molecule has 2 N–H and O–H groups in total. The first kappa shape index (κ1) is 22.0. The lowest BCUT2D eigenvalue weighted by molar-refractivity contribution is -0.134. The number of halogens is 3. The van der Waals surface area contributed by atoms with Crippen LogP contribution >= 0.6 is 35.8 Å². The van der Waals surface area contributed by atoms with Gasteiger partial charge in [0.2, 0.25) is 5.91 Å². The van der Waals surface area contributed by atoms with E-state index in [0.29, 0.717) is 32.6 Å². The van der Waals surface area contributed by atoms with Crippen molar-refractivity contribution in [2.24, 2.45) is 5.73 Å². The largest absolute Gasteiger partial charge is 0.338 e. The number of nitrogens with two attached hydrogens (primary N) is 1. The van der Waals surface area contributed by atoms with Crippen LogP contribution in [0, 0.1) is 5.82 Å². The molecule has 1 heterocycles. The third-order valence-corrected chi connectivity index (χ3v) is 4.96. The van der Waals surface area contributed by atoms with Crippen LogP contribution < -0.4 is 5.73 Å². The van der Waals surface area contributed by atoms with Gasteiger partial charge in [0, 0.05) is 26.2 Å². The number of carbonyl (C=O) groups is 2. The van der Waals surface area contributed by atoms with E-state index >= 15 is 0 Å². The van der Waals surface area contributed by atoms with Gasteiger partial charge in [0.25, 0.3) is 5.91 Å². The van der Waals surface area contributed by atoms with Gasteiger partial charge < -0.3 is 15.5 Å². The van der Waals surface area contributed by atoms with E-state index in [9.17, 15) is 14.0 Å². The summed E-state index contributed by atoms with van der Waals surface area (Å²) >= 11 is 7.59. The van der Waals surface area contributed by atoms with Crippen molar-refractivity contribution >= 4 is 47.6 Å². The Hall–Kier alpha value is -1.02. The normalized spacial score (nSPS) is 15.5. The molecule has 1 aliphatic rings. The predicted molar refractivity (Wildman–Crippen MR) is 102 cm³/mol. The fourth-order valence-corrected chi connectivity index (χ4v) is 3.33. The van der Waals surface area contributed by atoms with Crippen molar-refractivity contribution in [2.75, 3.05) is 38.2 Å². The van der Waals surface area contributed by atoms with E-state index in [2.05, 4.69) is 0 Å². The zero-order valence-corrected chi connectivity index (χ0v) is 16.3. The summed E-state index contributed by atoms with van der Waals surface area (Å²) < 4.78 is 13.9. The molecule has 1 aromatic carbocycles. The lowest BCUT2D eigenvalue weighted by atomic mass is 10.1. The second kappa shape index (κ2) is 10.2. The molecule has 1 aliphatic heterocycles. The van der Waals surface area contributed by atoms with E-state index in [4.69, 9.17) is 17.3 Å². The topological polar surface area (TPSA) is 66.6 Å². The Morgan fingerprint density at radius 2 is 1.88 bits per heavy atom. The van der Waals surface area contributed by atoms with Gasteiger partial charge in [-0.05, 0) is 30.6 Å². The van der Waals surface area contributed by atoms with E-state index in [1.807, 2.05) is 6.26 Å². The number of piperazine rings is 1. The van der Waals surface area contributed by atoms with Crippen molar-refractivity contribution in [1.29, 1.82) is 0 Å². The molecule has 25 heavy (non-hydrogen) atoms. The van der Waals surface area contributed by atoms with Crippen molar-refractivity contribution in [1.82, 2.24) is 9.80 Å². The number of thioether (sulfide) groups is 1. The average molecular weight is 410 g/mol. The molecule has 0 spiro atoms. The van der Waals surface area contributed by atoms with Crippen molar-refractivity contribution in [2.45, 2.75) is 12.5 Å². The van der Waals surface area contributed by atoms with Gasteiger partial charge >= 0.3 is 0 Å². The number of amides is 2. The first-order valence-corrected chi connectivity index (χ1v) is 9.49. The smallest absolute Gasteiger partial charge is 0.258 e. The highest BCUT2D eigenvalue weighted by molar-refractivity contribution is 7.98. The first-order chi connectivity index (χ1) is 11.5. The molecule has 0 saturated carbocycles. The van der Waals surface area contributed by atoms with Gasteiger partial charge in [-0.2, -0.15) is 11.8 Å². The van der Waals surface area contributed by atoms with E-state index in [1.165, 1.54) is 23.1 Å². The van der Waals surface area contributed by atoms with Gasteiger partial charge in [0.05, 0.1) is 16.6 Å². The SMILES string of the molecule is CSCC[C@H](N)C(=O)N1CCN(C(=O)c2c(F)cccc2Cl)CC1.Cl. The Bertz CT molecular complexity index is 593. The van der Waals surface area contributed by atoms with Crippen LogP contribution in [0.2, 0.25) is 5.02 Å². The molecule has 0 radical (unpaired) electrons. The van der Waals surface area contributed by atoms with Gasteiger partial charge in [0.1, 0.15) is 5.82 Å². The van der Waals surface area contributed by atoms with Crippen molar-refractivity contribution in [3.05, 3.63) is 34.6 Å². The van der Waals surface area contributed by atoms with Crippen LogP contribution in [-0.4, -0.2) is 65.8 Å². The monoisotopic (exact) mass is 409 g/mol. The molecule has 0 unspecified atom stereocenters. The highest BCUT2D eigenvalue weighted by Gasteiger charge is 2.29. The molecule has 1 saturated heterocycles. The lowest BCUT2D eigenvalue weighted by Crippen LogP contribution is -2.54. The second-order valence-corrected chi connectivity index (χ2v) is 6.99. The van der Waals surface area contributed by atoms with Crippen molar-refractivity contribution < 1.29 is 14.0 Å². The van der Waals surface area contributed by atoms with Crippen LogP contribution in [0.5, 0.6) is 0 Å². The van der Waals surface area contributed by atoms with Gasteiger partial charge in [-0.25, -0.2) is 4.39 Å². The van der Waals surface area contributed by atoms with Crippen LogP contribution in [-0.2, 0) is 4.79 Å². The van der Waals surface area contributed by atoms with E-state index in [0.717, 1.165) is 5.75 Å². The number of rotatable bonds is 5. The zero-order chi connectivity index (χ0) is 17.7. The van der Waals surface area contributed by atoms with Crippen molar-refractivity contribution in [3.63, 3.8) is 0 Å². The first-order valence-electron chi connectivity index (χ1n) is 7.72. The quantitative estimate of drug-likeness (QED) is 0.809. The van der Waals surface area contributed by atoms with Crippen LogP contribution in [0.1, 0.15) is 16.8 Å². The summed E-state index contributed by atoms with van der Waals surface area (Å²) in [7, 11) is 0. The Morgan fingerprint density at radius 3 is 2.44 bits per heavy atom. The van der Waals surface area contributed by atoms with Crippen LogP contribution in [0.3, 0.4) is 0 Å². The minimum absolute atomic E-state index is 0. The summed E-state index contributed by atoms with van der Waals surface area (Å²) in [5.41, 5.74) is 5.79. The fourth-order valence-electron chi connectivity index (χ4n) is 2.59. The number of carbonyl (C=O) groups excluding carboxylic acids is 2. The molecule has 0 bridgehead atoms. The number of benzene rings is 1. The van der Waals surface area contributed by atoms with E-state index in [1.54, 1.807) is 16.7 Å². The summed E-state index contributed by atoms with van der Waals surface area (Å²) in [6.07, 6.45) is 2.60. The van der Waals surface area contributed by atoms with Crippen LogP contribution in [0.25, 0.3) is 0 Å². The third kappa shape index (κ3) is 5.48. The highest BCUT2D eigenvalue weighted by atomic mass is 35.5. The van der Waals surface area contributed by atoms with Gasteiger partial charge in [-0.15, -0.1) is 12.4 Å². The molecule has 1 fully saturated rings. The molecule has 0 aliphatic carbocycles. The molecule has 1 atom stereocenters. The lowest BCUT2D eigenvalue weighted by Gasteiger charge is -2.36. The maximum absolute atomic E-state index is 13.9. The molecule has 140 valence electrons. The van der Waals surface area contributed by atoms with Crippen LogP contribution in [0.15, 0.2) is 18.2 Å². The maximum atomic E-state index is 13.9. The maximum Gasteiger partial charge on any atom is 0.258 e. The molecule has 2 rings (SSSR count). The average Bonchev–Trinajstić information content (AvgIpc) is 2.58. The number of hydrogen-bond acceptors (Lipinski definition) is 4. The Kier molecular flexibility index (Phi) is 8.99. The summed E-state index contributed by atoms with van der Waals surface area (Å²) in [5.74, 6) is -0.348. The highest BCUT2D eigenvalue weighted by Crippen LogP contribution is 2.21. The van der Waals surface area contributed by atoms with Crippen LogP contribution in [0.4, 0.5) is 4.39 Å². The second-order valence-electron chi connectivity index (χ2n) is 5.60. The standard InChI is InChI=1S/C16H21ClFN3O2S.ClH/c1-24-10-5-13(19)15(22)20-6-8-21(9-7-20)16(23)14-11(17)3-2-4-12(14)18;/h2-4,13H,5-10,19H2,1H3;1H/t13-;/m0./s1. The molecule has 5 nitrogen and oxygen atoms in total. The molecular formula is C16H22Cl2FN3O2S. The van der Waals surface area contributed by atoms with Crippen molar-refractivity contribution in [3.8, 4) is 0 Å². The number of nitrogens with zero attached hydrogens (tertiary/aromatic N) is 2. The summed E-state index contributed by atoms with van der Waals surface area (Å²) in [6.45, 7) is 1.46. The zero-order valence-electron chi connectivity index (χ0n) is 13.9. The molecule has 2 amide bonds.